The van der Waals surface area contributed by atoms with Gasteiger partial charge in [0.15, 0.2) is 0 Å². The van der Waals surface area contributed by atoms with Crippen LogP contribution in [0.15, 0.2) is 30.5 Å². The van der Waals surface area contributed by atoms with Crippen molar-refractivity contribution in [3.63, 3.8) is 0 Å². The fourth-order valence-corrected chi connectivity index (χ4v) is 1.77. The van der Waals surface area contributed by atoms with E-state index in [0.717, 1.165) is 17.2 Å². The molecule has 3 heteroatoms. The lowest BCUT2D eigenvalue weighted by molar-refractivity contribution is 1.15. The number of benzene rings is 1. The van der Waals surface area contributed by atoms with Crippen molar-refractivity contribution in [2.24, 2.45) is 0 Å². The minimum absolute atomic E-state index is 0.806. The van der Waals surface area contributed by atoms with Gasteiger partial charge in [0.25, 0.3) is 0 Å². The third-order valence-corrected chi connectivity index (χ3v) is 2.95. The second-order valence-electron chi connectivity index (χ2n) is 4.11. The highest BCUT2D eigenvalue weighted by atomic mass is 15.2. The first-order chi connectivity index (χ1) is 7.59. The molecule has 0 aliphatic carbocycles. The van der Waals surface area contributed by atoms with Crippen LogP contribution < -0.4 is 10.6 Å². The summed E-state index contributed by atoms with van der Waals surface area (Å²) in [6, 6.07) is 8.13. The van der Waals surface area contributed by atoms with E-state index in [9.17, 15) is 0 Å². The summed E-state index contributed by atoms with van der Waals surface area (Å²) in [4.78, 5) is 5.22. The van der Waals surface area contributed by atoms with Crippen LogP contribution in [0.1, 0.15) is 11.1 Å². The van der Waals surface area contributed by atoms with Crippen molar-refractivity contribution in [3.05, 3.63) is 41.6 Å². The number of nitrogens with two attached hydrogens (primary N) is 1. The van der Waals surface area contributed by atoms with Gasteiger partial charge in [-0.05, 0) is 49.2 Å². The quantitative estimate of drug-likeness (QED) is 0.756. The molecule has 1 aromatic carbocycles. The third kappa shape index (κ3) is 1.76. The first-order valence-electron chi connectivity index (χ1n) is 5.33. The van der Waals surface area contributed by atoms with Gasteiger partial charge in [-0.15, -0.1) is 0 Å². The van der Waals surface area contributed by atoms with E-state index in [2.05, 4.69) is 29.8 Å². The molecule has 1 aromatic heterocycles. The van der Waals surface area contributed by atoms with E-state index in [0.29, 0.717) is 0 Å². The first-order valence-corrected chi connectivity index (χ1v) is 5.33. The second kappa shape index (κ2) is 3.93. The van der Waals surface area contributed by atoms with Gasteiger partial charge >= 0.3 is 0 Å². The number of hydrogen-bond acceptors (Lipinski definition) is 2. The summed E-state index contributed by atoms with van der Waals surface area (Å²) in [6.07, 6.45) is 1.91. The van der Waals surface area contributed by atoms with E-state index < -0.39 is 0 Å². The maximum absolute atomic E-state index is 6.04. The van der Waals surface area contributed by atoms with Crippen molar-refractivity contribution < 1.29 is 0 Å². The molecular weight excluding hydrogens is 198 g/mol. The molecule has 0 unspecified atom stereocenters. The van der Waals surface area contributed by atoms with Crippen LogP contribution in [0.5, 0.6) is 0 Å². The van der Waals surface area contributed by atoms with Crippen molar-refractivity contribution >= 4 is 17.2 Å². The molecule has 0 saturated heterocycles. The number of aryl methyl sites for hydroxylation is 2. The molecule has 0 spiro atoms. The highest BCUT2D eigenvalue weighted by Gasteiger charge is 2.09. The van der Waals surface area contributed by atoms with Crippen LogP contribution in [-0.4, -0.2) is 12.0 Å². The van der Waals surface area contributed by atoms with Crippen LogP contribution >= 0.6 is 0 Å². The van der Waals surface area contributed by atoms with E-state index in [1.807, 2.05) is 31.4 Å². The van der Waals surface area contributed by atoms with Crippen molar-refractivity contribution in [1.82, 2.24) is 4.98 Å². The summed E-state index contributed by atoms with van der Waals surface area (Å²) < 4.78 is 0. The van der Waals surface area contributed by atoms with Gasteiger partial charge < -0.3 is 15.6 Å². The Hall–Kier alpha value is -1.90. The Kier molecular flexibility index (Phi) is 2.60. The van der Waals surface area contributed by atoms with E-state index in [1.54, 1.807) is 0 Å². The predicted octanol–water partition coefficient (Wildman–Crippen LogP) is 2.98. The number of hydrogen-bond donors (Lipinski definition) is 2. The predicted molar refractivity (Wildman–Crippen MR) is 69.2 cm³/mol. The summed E-state index contributed by atoms with van der Waals surface area (Å²) in [5, 5.41) is 0. The second-order valence-corrected chi connectivity index (χ2v) is 4.11. The molecule has 3 N–H and O–H groups in total. The molecule has 0 amide bonds. The molecule has 3 nitrogen and oxygen atoms in total. The van der Waals surface area contributed by atoms with E-state index in [-0.39, 0.29) is 0 Å². The number of nitrogen functional groups attached to an aromatic ring is 1. The largest absolute Gasteiger partial charge is 0.397 e. The number of aromatic amines is 1. The van der Waals surface area contributed by atoms with Gasteiger partial charge in [0.1, 0.15) is 5.82 Å². The molecule has 0 bridgehead atoms. The average molecular weight is 215 g/mol. The summed E-state index contributed by atoms with van der Waals surface area (Å²) in [5.74, 6) is 1.04. The summed E-state index contributed by atoms with van der Waals surface area (Å²) in [5.41, 5.74) is 10.4. The molecule has 0 fully saturated rings. The third-order valence-electron chi connectivity index (χ3n) is 2.95. The SMILES string of the molecule is Cc1cc(N)c(N(C)c2ccc[nH]2)cc1C. The molecule has 0 saturated carbocycles. The van der Waals surface area contributed by atoms with Gasteiger partial charge in [0, 0.05) is 13.2 Å². The van der Waals surface area contributed by atoms with E-state index in [4.69, 9.17) is 5.73 Å². The van der Waals surface area contributed by atoms with Crippen molar-refractivity contribution in [1.29, 1.82) is 0 Å². The topological polar surface area (TPSA) is 45.0 Å². The van der Waals surface area contributed by atoms with E-state index >= 15 is 0 Å². The number of rotatable bonds is 2. The van der Waals surface area contributed by atoms with Crippen LogP contribution in [0, 0.1) is 13.8 Å². The van der Waals surface area contributed by atoms with E-state index in [1.165, 1.54) is 11.1 Å². The summed E-state index contributed by atoms with van der Waals surface area (Å²) in [7, 11) is 2.01. The lowest BCUT2D eigenvalue weighted by atomic mass is 10.1. The van der Waals surface area contributed by atoms with Crippen molar-refractivity contribution in [2.75, 3.05) is 17.7 Å². The molecule has 0 aliphatic heterocycles. The highest BCUT2D eigenvalue weighted by molar-refractivity contribution is 5.74. The molecule has 0 aliphatic rings. The fraction of sp³-hybridized carbons (Fsp3) is 0.231. The molecule has 84 valence electrons. The summed E-state index contributed by atoms with van der Waals surface area (Å²) in [6.45, 7) is 4.17. The standard InChI is InChI=1S/C13H17N3/c1-9-7-11(14)12(8-10(9)2)16(3)13-5-4-6-15-13/h4-8,15H,14H2,1-3H3. The normalized spacial score (nSPS) is 10.4. The van der Waals surface area contributed by atoms with Crippen LogP contribution in [0.25, 0.3) is 0 Å². The van der Waals surface area contributed by atoms with Gasteiger partial charge in [-0.1, -0.05) is 0 Å². The molecule has 0 atom stereocenters. The number of nitrogens with zero attached hydrogens (tertiary/aromatic N) is 1. The van der Waals surface area contributed by atoms with Gasteiger partial charge in [0.05, 0.1) is 11.4 Å². The fourth-order valence-electron chi connectivity index (χ4n) is 1.77. The van der Waals surface area contributed by atoms with Crippen molar-refractivity contribution in [2.45, 2.75) is 13.8 Å². The average Bonchev–Trinajstić information content (AvgIpc) is 2.75. The van der Waals surface area contributed by atoms with Gasteiger partial charge in [-0.25, -0.2) is 0 Å². The van der Waals surface area contributed by atoms with Crippen LogP contribution in [-0.2, 0) is 0 Å². The van der Waals surface area contributed by atoms with Crippen LogP contribution in [0.4, 0.5) is 17.2 Å². The minimum atomic E-state index is 0.806. The monoisotopic (exact) mass is 215 g/mol. The first kappa shape index (κ1) is 10.6. The Morgan fingerprint density at radius 1 is 1.19 bits per heavy atom. The Balaban J connectivity index is 2.44. The molecule has 16 heavy (non-hydrogen) atoms. The maximum Gasteiger partial charge on any atom is 0.110 e. The molecule has 2 rings (SSSR count). The van der Waals surface area contributed by atoms with Crippen LogP contribution in [0.2, 0.25) is 0 Å². The van der Waals surface area contributed by atoms with Gasteiger partial charge in [-0.2, -0.15) is 0 Å². The Morgan fingerprint density at radius 2 is 1.88 bits per heavy atom. The molecular formula is C13H17N3. The molecule has 1 heterocycles. The van der Waals surface area contributed by atoms with Crippen LogP contribution in [0.3, 0.4) is 0 Å². The number of anilines is 3. The number of aromatic nitrogens is 1. The molecule has 0 radical (unpaired) electrons. The zero-order valence-corrected chi connectivity index (χ0v) is 9.91. The Labute approximate surface area is 95.9 Å². The minimum Gasteiger partial charge on any atom is -0.397 e. The Bertz CT molecular complexity index is 486. The number of nitrogens with one attached hydrogen (secondary N) is 1. The zero-order chi connectivity index (χ0) is 11.7. The van der Waals surface area contributed by atoms with Crippen molar-refractivity contribution in [3.8, 4) is 0 Å². The smallest absolute Gasteiger partial charge is 0.110 e. The zero-order valence-electron chi connectivity index (χ0n) is 9.91. The highest BCUT2D eigenvalue weighted by Crippen LogP contribution is 2.30. The lowest BCUT2D eigenvalue weighted by Crippen LogP contribution is -2.12. The Morgan fingerprint density at radius 3 is 2.50 bits per heavy atom. The lowest BCUT2D eigenvalue weighted by Gasteiger charge is -2.20. The molecule has 2 aromatic rings. The van der Waals surface area contributed by atoms with Gasteiger partial charge in [0.2, 0.25) is 0 Å². The summed E-state index contributed by atoms with van der Waals surface area (Å²) >= 11 is 0. The number of H-pyrrole nitrogens is 1. The maximum atomic E-state index is 6.04. The van der Waals surface area contributed by atoms with Gasteiger partial charge in [-0.3, -0.25) is 0 Å².